The van der Waals surface area contributed by atoms with Gasteiger partial charge in [0.05, 0.1) is 12.5 Å². The molecule has 1 N–H and O–H groups in total. The van der Waals surface area contributed by atoms with Crippen molar-refractivity contribution < 1.29 is 14.3 Å². The van der Waals surface area contributed by atoms with Gasteiger partial charge in [-0.15, -0.1) is 11.8 Å². The normalized spacial score (nSPS) is 13.2. The van der Waals surface area contributed by atoms with E-state index in [9.17, 15) is 4.79 Å². The highest BCUT2D eigenvalue weighted by molar-refractivity contribution is 8.03. The van der Waals surface area contributed by atoms with Gasteiger partial charge in [-0.1, -0.05) is 123 Å². The maximum absolute atomic E-state index is 12.8. The lowest BCUT2D eigenvalue weighted by molar-refractivity contribution is -0.118. The molecule has 1 amide bonds. The number of benzene rings is 2. The van der Waals surface area contributed by atoms with E-state index in [4.69, 9.17) is 9.47 Å². The molecule has 0 unspecified atom stereocenters. The summed E-state index contributed by atoms with van der Waals surface area (Å²) in [4.78, 5) is 16.4. The Labute approximate surface area is 266 Å². The fraction of sp³-hybridized carbons (Fsp3) is 0.595. The Morgan fingerprint density at radius 3 is 2.07 bits per heavy atom. The van der Waals surface area contributed by atoms with Crippen LogP contribution in [0.1, 0.15) is 123 Å². The number of hydrogen-bond donors (Lipinski definition) is 1. The predicted molar refractivity (Wildman–Crippen MR) is 184 cm³/mol. The van der Waals surface area contributed by atoms with Crippen LogP contribution in [0, 0.1) is 0 Å². The summed E-state index contributed by atoms with van der Waals surface area (Å²) in [5.41, 5.74) is 2.99. The average Bonchev–Trinajstić information content (AvgIpc) is 3.39. The van der Waals surface area contributed by atoms with Crippen LogP contribution in [-0.2, 0) is 16.8 Å². The van der Waals surface area contributed by atoms with Crippen molar-refractivity contribution in [3.8, 4) is 11.5 Å². The van der Waals surface area contributed by atoms with Gasteiger partial charge in [-0.3, -0.25) is 4.79 Å². The molecule has 0 aliphatic carbocycles. The number of carbonyl (C=O) groups is 1. The van der Waals surface area contributed by atoms with Gasteiger partial charge < -0.3 is 19.7 Å². The van der Waals surface area contributed by atoms with E-state index >= 15 is 0 Å². The number of rotatable bonds is 20. The van der Waals surface area contributed by atoms with Crippen LogP contribution < -0.4 is 14.8 Å². The molecule has 3 rings (SSSR count). The maximum Gasteiger partial charge on any atom is 0.262 e. The van der Waals surface area contributed by atoms with Crippen LogP contribution in [0.5, 0.6) is 11.5 Å². The molecule has 43 heavy (non-hydrogen) atoms. The summed E-state index contributed by atoms with van der Waals surface area (Å²) >= 11 is 1.86. The molecule has 5 nitrogen and oxygen atoms in total. The zero-order valence-corrected chi connectivity index (χ0v) is 28.3. The maximum atomic E-state index is 12.8. The predicted octanol–water partition coefficient (Wildman–Crippen LogP) is 10.4. The minimum atomic E-state index is -0.185. The van der Waals surface area contributed by atoms with Crippen LogP contribution in [0.3, 0.4) is 0 Å². The fourth-order valence-electron chi connectivity index (χ4n) is 5.36. The molecule has 0 spiro atoms. The summed E-state index contributed by atoms with van der Waals surface area (Å²) in [6, 6.07) is 14.0. The van der Waals surface area contributed by atoms with E-state index in [-0.39, 0.29) is 17.9 Å². The summed E-state index contributed by atoms with van der Waals surface area (Å²) < 4.78 is 12.4. The lowest BCUT2D eigenvalue weighted by Crippen LogP contribution is -2.21. The van der Waals surface area contributed by atoms with Crippen molar-refractivity contribution in [3.63, 3.8) is 0 Å². The first-order chi connectivity index (χ1) is 20.8. The quantitative estimate of drug-likeness (QED) is 0.152. The van der Waals surface area contributed by atoms with Crippen LogP contribution >= 0.6 is 11.8 Å². The molecule has 0 aromatic heterocycles. The van der Waals surface area contributed by atoms with Crippen molar-refractivity contribution in [2.24, 2.45) is 0 Å². The summed E-state index contributed by atoms with van der Waals surface area (Å²) in [6.07, 6.45) is 18.0. The summed E-state index contributed by atoms with van der Waals surface area (Å²) in [5.74, 6) is 2.20. The number of thioether (sulfide) groups is 1. The number of nitrogens with one attached hydrogen (secondary N) is 1. The molecule has 2 aromatic carbocycles. The Hall–Kier alpha value is -2.60. The highest BCUT2D eigenvalue weighted by Crippen LogP contribution is 2.38. The molecular formula is C37H56N2O3S. The highest BCUT2D eigenvalue weighted by atomic mass is 32.2. The number of nitrogens with zero attached hydrogens (tertiary/aromatic N) is 1. The van der Waals surface area contributed by atoms with Crippen molar-refractivity contribution in [3.05, 3.63) is 64.7 Å². The number of unbranched alkanes of at least 4 members (excludes halogenated alkanes) is 11. The van der Waals surface area contributed by atoms with E-state index in [1.54, 1.807) is 0 Å². The standard InChI is InChI=1S/C37H56N2O3S/c1-6-7-8-9-10-11-12-13-14-15-16-17-25-41-36-33(37(3,4)5)19-18-20-34(36)42-28-35(40)38-32-23-21-31(22-24-32)27-39-26-30(2)43-29-39/h18-24,26H,6-17,25,27-29H2,1-5H3,(H,38,40). The second-order valence-electron chi connectivity index (χ2n) is 12.9. The molecule has 1 aliphatic heterocycles. The van der Waals surface area contributed by atoms with Gasteiger partial charge in [0.2, 0.25) is 0 Å². The van der Waals surface area contributed by atoms with E-state index < -0.39 is 0 Å². The third-order valence-electron chi connectivity index (χ3n) is 7.84. The van der Waals surface area contributed by atoms with Gasteiger partial charge in [0.1, 0.15) is 0 Å². The largest absolute Gasteiger partial charge is 0.489 e. The summed E-state index contributed by atoms with van der Waals surface area (Å²) in [7, 11) is 0. The van der Waals surface area contributed by atoms with Crippen molar-refractivity contribution in [1.82, 2.24) is 4.90 Å². The molecular weight excluding hydrogens is 552 g/mol. The smallest absolute Gasteiger partial charge is 0.262 e. The fourth-order valence-corrected chi connectivity index (χ4v) is 6.12. The SMILES string of the molecule is CCCCCCCCCCCCCCOc1c(OCC(=O)Nc2ccc(CN3C=C(C)SC3)cc2)cccc1C(C)(C)C. The Balaban J connectivity index is 1.41. The minimum absolute atomic E-state index is 0.0701. The average molecular weight is 609 g/mol. The third-order valence-corrected chi connectivity index (χ3v) is 8.86. The molecule has 1 aliphatic rings. The molecule has 0 bridgehead atoms. The van der Waals surface area contributed by atoms with Gasteiger partial charge in [-0.25, -0.2) is 0 Å². The first-order valence-corrected chi connectivity index (χ1v) is 17.6. The van der Waals surface area contributed by atoms with Gasteiger partial charge >= 0.3 is 0 Å². The molecule has 1 heterocycles. The van der Waals surface area contributed by atoms with Gasteiger partial charge in [0.15, 0.2) is 18.1 Å². The second-order valence-corrected chi connectivity index (χ2v) is 14.1. The lowest BCUT2D eigenvalue weighted by atomic mass is 9.86. The van der Waals surface area contributed by atoms with Gasteiger partial charge in [0.25, 0.3) is 5.91 Å². The van der Waals surface area contributed by atoms with E-state index in [2.05, 4.69) is 69.2 Å². The number of amides is 1. The van der Waals surface area contributed by atoms with E-state index in [0.29, 0.717) is 12.4 Å². The van der Waals surface area contributed by atoms with Crippen molar-refractivity contribution in [1.29, 1.82) is 0 Å². The van der Waals surface area contributed by atoms with Crippen molar-refractivity contribution in [2.45, 2.75) is 124 Å². The van der Waals surface area contributed by atoms with Gasteiger partial charge in [0, 0.05) is 24.0 Å². The van der Waals surface area contributed by atoms with Crippen LogP contribution in [-0.4, -0.2) is 29.9 Å². The summed E-state index contributed by atoms with van der Waals surface area (Å²) in [5, 5.41) is 2.97. The molecule has 238 valence electrons. The topological polar surface area (TPSA) is 50.8 Å². The van der Waals surface area contributed by atoms with E-state index in [1.165, 1.54) is 81.1 Å². The Kier molecular flexibility index (Phi) is 15.4. The summed E-state index contributed by atoms with van der Waals surface area (Å²) in [6.45, 7) is 12.4. The monoisotopic (exact) mass is 608 g/mol. The van der Waals surface area contributed by atoms with Crippen molar-refractivity contribution >= 4 is 23.4 Å². The van der Waals surface area contributed by atoms with Crippen molar-refractivity contribution in [2.75, 3.05) is 24.4 Å². The molecule has 0 fully saturated rings. The Morgan fingerprint density at radius 1 is 0.860 bits per heavy atom. The Bertz CT molecular complexity index is 1120. The molecule has 0 saturated heterocycles. The first-order valence-electron chi connectivity index (χ1n) is 16.6. The first kappa shape index (κ1) is 34.9. The number of ether oxygens (including phenoxy) is 2. The Morgan fingerprint density at radius 2 is 1.49 bits per heavy atom. The minimum Gasteiger partial charge on any atom is -0.489 e. The van der Waals surface area contributed by atoms with Crippen LogP contribution in [0.25, 0.3) is 0 Å². The molecule has 2 aromatic rings. The van der Waals surface area contributed by atoms with Crippen LogP contribution in [0.15, 0.2) is 53.6 Å². The van der Waals surface area contributed by atoms with Crippen LogP contribution in [0.2, 0.25) is 0 Å². The third kappa shape index (κ3) is 13.3. The molecule has 6 heteroatoms. The zero-order valence-electron chi connectivity index (χ0n) is 27.5. The second kappa shape index (κ2) is 18.9. The number of para-hydroxylation sites is 1. The van der Waals surface area contributed by atoms with Gasteiger partial charge in [-0.05, 0) is 47.4 Å². The molecule has 0 atom stereocenters. The lowest BCUT2D eigenvalue weighted by Gasteiger charge is -2.24. The molecule has 0 radical (unpaired) electrons. The number of allylic oxidation sites excluding steroid dienone is 1. The zero-order chi connectivity index (χ0) is 30.9. The number of anilines is 1. The highest BCUT2D eigenvalue weighted by Gasteiger charge is 2.22. The van der Waals surface area contributed by atoms with Gasteiger partial charge in [-0.2, -0.15) is 0 Å². The van der Waals surface area contributed by atoms with E-state index in [0.717, 1.165) is 35.8 Å². The number of hydrogen-bond acceptors (Lipinski definition) is 5. The molecule has 0 saturated carbocycles. The van der Waals surface area contributed by atoms with Crippen LogP contribution in [0.4, 0.5) is 5.69 Å². The van der Waals surface area contributed by atoms with E-state index in [1.807, 2.05) is 36.0 Å². The number of carbonyl (C=O) groups excluding carboxylic acids is 1.